The number of hydrogen-bond donors (Lipinski definition) is 1. The van der Waals surface area contributed by atoms with Crippen LogP contribution in [0.1, 0.15) is 5.56 Å². The van der Waals surface area contributed by atoms with Crippen molar-refractivity contribution in [3.63, 3.8) is 0 Å². The zero-order valence-electron chi connectivity index (χ0n) is 11.8. The minimum Gasteiger partial charge on any atom is -0.548 e. The average Bonchev–Trinajstić information content (AvgIpc) is 2.55. The van der Waals surface area contributed by atoms with Gasteiger partial charge in [-0.1, -0.05) is 42.5 Å². The van der Waals surface area contributed by atoms with Crippen LogP contribution >= 0.6 is 0 Å². The molecule has 1 N–H and O–H groups in total. The number of aromatic nitrogens is 2. The maximum atomic E-state index is 11.4. The highest BCUT2D eigenvalue weighted by molar-refractivity contribution is 5.90. The predicted molar refractivity (Wildman–Crippen MR) is 82.1 cm³/mol. The highest BCUT2D eigenvalue weighted by atomic mass is 16.4. The van der Waals surface area contributed by atoms with Gasteiger partial charge in [0.25, 0.3) is 0 Å². The SMILES string of the molecule is O=C([O-])[C@H](Cc1ccccc1)Nc1ncnc2ccccc12. The minimum absolute atomic E-state index is 0.321. The second-order valence-corrected chi connectivity index (χ2v) is 4.95. The van der Waals surface area contributed by atoms with Crippen LogP contribution < -0.4 is 10.4 Å². The molecule has 0 bridgehead atoms. The Kier molecular flexibility index (Phi) is 3.96. The van der Waals surface area contributed by atoms with Gasteiger partial charge in [0.1, 0.15) is 12.1 Å². The highest BCUT2D eigenvalue weighted by Crippen LogP contribution is 2.19. The maximum Gasteiger partial charge on any atom is 0.137 e. The third-order valence-corrected chi connectivity index (χ3v) is 3.42. The van der Waals surface area contributed by atoms with Crippen LogP contribution in [0.3, 0.4) is 0 Å². The van der Waals surface area contributed by atoms with Gasteiger partial charge in [0, 0.05) is 5.39 Å². The molecule has 2 aromatic carbocycles. The van der Waals surface area contributed by atoms with Gasteiger partial charge in [0.05, 0.1) is 17.5 Å². The largest absolute Gasteiger partial charge is 0.548 e. The van der Waals surface area contributed by atoms with Crippen LogP contribution in [0.2, 0.25) is 0 Å². The molecule has 110 valence electrons. The lowest BCUT2D eigenvalue weighted by molar-refractivity contribution is -0.306. The van der Waals surface area contributed by atoms with Crippen molar-refractivity contribution in [2.24, 2.45) is 0 Å². The van der Waals surface area contributed by atoms with Crippen molar-refractivity contribution < 1.29 is 9.90 Å². The molecule has 0 fully saturated rings. The van der Waals surface area contributed by atoms with E-state index < -0.39 is 12.0 Å². The van der Waals surface area contributed by atoms with Crippen molar-refractivity contribution in [2.75, 3.05) is 5.32 Å². The maximum absolute atomic E-state index is 11.4. The first-order valence-electron chi connectivity index (χ1n) is 6.95. The smallest absolute Gasteiger partial charge is 0.137 e. The number of nitrogens with one attached hydrogen (secondary N) is 1. The van der Waals surface area contributed by atoms with Gasteiger partial charge in [0.2, 0.25) is 0 Å². The summed E-state index contributed by atoms with van der Waals surface area (Å²) in [5, 5.41) is 15.2. The molecule has 0 aliphatic heterocycles. The van der Waals surface area contributed by atoms with Gasteiger partial charge in [-0.05, 0) is 24.1 Å². The molecule has 1 aromatic heterocycles. The molecule has 22 heavy (non-hydrogen) atoms. The van der Waals surface area contributed by atoms with Gasteiger partial charge in [0.15, 0.2) is 0 Å². The minimum atomic E-state index is -1.16. The second kappa shape index (κ2) is 6.22. The summed E-state index contributed by atoms with van der Waals surface area (Å²) in [6, 6.07) is 16.0. The molecule has 0 unspecified atom stereocenters. The molecule has 0 amide bonds. The molecule has 0 saturated heterocycles. The molecule has 0 aliphatic rings. The summed E-state index contributed by atoms with van der Waals surface area (Å²) in [4.78, 5) is 19.7. The fraction of sp³-hybridized carbons (Fsp3) is 0.118. The van der Waals surface area contributed by atoms with Crippen LogP contribution in [0.25, 0.3) is 10.9 Å². The van der Waals surface area contributed by atoms with Crippen molar-refractivity contribution in [3.8, 4) is 0 Å². The van der Waals surface area contributed by atoms with Gasteiger partial charge in [-0.3, -0.25) is 0 Å². The number of carboxylic acid groups (broad SMARTS) is 1. The third kappa shape index (κ3) is 3.03. The summed E-state index contributed by atoms with van der Waals surface area (Å²) in [6.07, 6.45) is 1.74. The Bertz CT molecular complexity index is 785. The van der Waals surface area contributed by atoms with Crippen molar-refractivity contribution in [3.05, 3.63) is 66.5 Å². The second-order valence-electron chi connectivity index (χ2n) is 4.95. The number of carboxylic acids is 1. The van der Waals surface area contributed by atoms with E-state index >= 15 is 0 Å². The predicted octanol–water partition coefficient (Wildman–Crippen LogP) is 1.40. The molecule has 1 atom stereocenters. The normalized spacial score (nSPS) is 12.0. The molecular weight excluding hydrogens is 278 g/mol. The Morgan fingerprint density at radius 3 is 2.55 bits per heavy atom. The number of aliphatic carboxylic acids is 1. The lowest BCUT2D eigenvalue weighted by atomic mass is 10.1. The summed E-state index contributed by atoms with van der Waals surface area (Å²) < 4.78 is 0. The zero-order chi connectivity index (χ0) is 15.4. The van der Waals surface area contributed by atoms with Gasteiger partial charge in [-0.15, -0.1) is 0 Å². The van der Waals surface area contributed by atoms with Crippen molar-refractivity contribution in [1.82, 2.24) is 9.97 Å². The average molecular weight is 292 g/mol. The Balaban J connectivity index is 1.88. The number of benzene rings is 2. The quantitative estimate of drug-likeness (QED) is 0.769. The molecule has 5 nitrogen and oxygen atoms in total. The lowest BCUT2D eigenvalue weighted by Gasteiger charge is -2.21. The van der Waals surface area contributed by atoms with E-state index in [9.17, 15) is 9.90 Å². The molecule has 3 aromatic rings. The number of carbonyl (C=O) groups excluding carboxylic acids is 1. The summed E-state index contributed by atoms with van der Waals surface area (Å²) in [5.41, 5.74) is 1.68. The Morgan fingerprint density at radius 2 is 1.77 bits per heavy atom. The highest BCUT2D eigenvalue weighted by Gasteiger charge is 2.13. The Hall–Kier alpha value is -2.95. The number of fused-ring (bicyclic) bond motifs is 1. The number of para-hydroxylation sites is 1. The van der Waals surface area contributed by atoms with Crippen LogP contribution in [0.4, 0.5) is 5.82 Å². The summed E-state index contributed by atoms with van der Waals surface area (Å²) in [7, 11) is 0. The summed E-state index contributed by atoms with van der Waals surface area (Å²) >= 11 is 0. The van der Waals surface area contributed by atoms with Gasteiger partial charge in [-0.2, -0.15) is 0 Å². The summed E-state index contributed by atoms with van der Waals surface area (Å²) in [6.45, 7) is 0. The number of hydrogen-bond acceptors (Lipinski definition) is 5. The molecule has 1 heterocycles. The first-order valence-corrected chi connectivity index (χ1v) is 6.95. The number of rotatable bonds is 5. The van der Waals surface area contributed by atoms with E-state index in [2.05, 4.69) is 15.3 Å². The van der Waals surface area contributed by atoms with Crippen LogP contribution in [0.15, 0.2) is 60.9 Å². The third-order valence-electron chi connectivity index (χ3n) is 3.42. The zero-order valence-corrected chi connectivity index (χ0v) is 11.8. The molecule has 5 heteroatoms. The molecule has 3 rings (SSSR count). The van der Waals surface area contributed by atoms with Crippen molar-refractivity contribution in [2.45, 2.75) is 12.5 Å². The number of nitrogens with zero attached hydrogens (tertiary/aromatic N) is 2. The van der Waals surface area contributed by atoms with Crippen LogP contribution in [-0.4, -0.2) is 22.0 Å². The van der Waals surface area contributed by atoms with E-state index in [4.69, 9.17) is 0 Å². The van der Waals surface area contributed by atoms with Crippen LogP contribution in [0.5, 0.6) is 0 Å². The van der Waals surface area contributed by atoms with E-state index in [0.29, 0.717) is 12.2 Å². The van der Waals surface area contributed by atoms with Gasteiger partial charge >= 0.3 is 0 Å². The Morgan fingerprint density at radius 1 is 1.05 bits per heavy atom. The Labute approximate surface area is 127 Å². The topological polar surface area (TPSA) is 77.9 Å². The van der Waals surface area contributed by atoms with E-state index in [1.54, 1.807) is 0 Å². The van der Waals surface area contributed by atoms with E-state index in [1.807, 2.05) is 54.6 Å². The summed E-state index contributed by atoms with van der Waals surface area (Å²) in [5.74, 6) is -0.665. The fourth-order valence-electron chi connectivity index (χ4n) is 2.33. The standard InChI is InChI=1S/C17H15N3O2/c21-17(22)15(10-12-6-2-1-3-7-12)20-16-13-8-4-5-9-14(13)18-11-19-16/h1-9,11,15H,10H2,(H,21,22)(H,18,19,20)/p-1/t15-/m0/s1. The molecule has 0 saturated carbocycles. The fourth-order valence-corrected chi connectivity index (χ4v) is 2.33. The van der Waals surface area contributed by atoms with Gasteiger partial charge < -0.3 is 15.2 Å². The van der Waals surface area contributed by atoms with E-state index in [0.717, 1.165) is 16.5 Å². The van der Waals surface area contributed by atoms with Crippen molar-refractivity contribution >= 4 is 22.7 Å². The van der Waals surface area contributed by atoms with Gasteiger partial charge in [-0.25, -0.2) is 9.97 Å². The van der Waals surface area contributed by atoms with Crippen molar-refractivity contribution in [1.29, 1.82) is 0 Å². The van der Waals surface area contributed by atoms with E-state index in [1.165, 1.54) is 6.33 Å². The molecular formula is C17H14N3O2-. The lowest BCUT2D eigenvalue weighted by Crippen LogP contribution is -2.42. The number of anilines is 1. The van der Waals surface area contributed by atoms with Crippen LogP contribution in [0, 0.1) is 0 Å². The van der Waals surface area contributed by atoms with Crippen LogP contribution in [-0.2, 0) is 11.2 Å². The first-order chi connectivity index (χ1) is 10.7. The molecule has 0 radical (unpaired) electrons. The number of carbonyl (C=O) groups is 1. The van der Waals surface area contributed by atoms with E-state index in [-0.39, 0.29) is 0 Å². The molecule has 0 spiro atoms. The molecule has 0 aliphatic carbocycles. The first kappa shape index (κ1) is 14.0. The monoisotopic (exact) mass is 292 g/mol.